The van der Waals surface area contributed by atoms with Crippen LogP contribution in [0.5, 0.6) is 0 Å². The van der Waals surface area contributed by atoms with Gasteiger partial charge in [0.05, 0.1) is 13.7 Å². The second kappa shape index (κ2) is 8.64. The molecule has 0 heterocycles. The number of hydrogen-bond acceptors (Lipinski definition) is 4. The van der Waals surface area contributed by atoms with Gasteiger partial charge in [0, 0.05) is 6.08 Å². The van der Waals surface area contributed by atoms with E-state index in [1.165, 1.54) is 7.11 Å². The van der Waals surface area contributed by atoms with E-state index < -0.39 is 5.97 Å². The summed E-state index contributed by atoms with van der Waals surface area (Å²) in [5.41, 5.74) is 4.81. The van der Waals surface area contributed by atoms with Crippen LogP contribution in [0, 0.1) is 0 Å². The first-order valence-electron chi connectivity index (χ1n) is 2.70. The molecule has 5 nitrogen and oxygen atoms in total. The lowest BCUT2D eigenvalue weighted by atomic mass is 10.7. The molecule has 0 atom stereocenters. The minimum Gasteiger partial charge on any atom is -0.478 e. The average molecular weight is 161 g/mol. The molecule has 0 saturated carbocycles. The van der Waals surface area contributed by atoms with Crippen LogP contribution in [0.15, 0.2) is 12.7 Å². The molecule has 0 radical (unpaired) electrons. The van der Waals surface area contributed by atoms with Crippen molar-refractivity contribution < 1.29 is 19.4 Å². The van der Waals surface area contributed by atoms with Gasteiger partial charge >= 0.3 is 11.9 Å². The first kappa shape index (κ1) is 12.3. The van der Waals surface area contributed by atoms with Crippen molar-refractivity contribution in [3.63, 3.8) is 0 Å². The quantitative estimate of drug-likeness (QED) is 0.416. The number of carboxylic acids is 1. The molecule has 0 unspecified atom stereocenters. The van der Waals surface area contributed by atoms with Crippen LogP contribution in [0.2, 0.25) is 0 Å². The van der Waals surface area contributed by atoms with E-state index in [1.807, 2.05) is 0 Å². The Labute approximate surface area is 64.5 Å². The highest BCUT2D eigenvalue weighted by molar-refractivity contribution is 5.78. The summed E-state index contributed by atoms with van der Waals surface area (Å²) in [4.78, 5) is 19.1. The van der Waals surface area contributed by atoms with E-state index in [1.54, 1.807) is 0 Å². The number of methoxy groups -OCH3 is 1. The Morgan fingerprint density at radius 1 is 1.73 bits per heavy atom. The Hall–Kier alpha value is -1.36. The molecule has 0 aromatic heterocycles. The molecule has 0 spiro atoms. The summed E-state index contributed by atoms with van der Waals surface area (Å²) in [6, 6.07) is 0. The third-order valence-electron chi connectivity index (χ3n) is 0.569. The molecule has 0 fully saturated rings. The first-order chi connectivity index (χ1) is 5.08. The molecule has 0 aromatic rings. The van der Waals surface area contributed by atoms with Crippen molar-refractivity contribution in [1.82, 2.24) is 0 Å². The van der Waals surface area contributed by atoms with Crippen LogP contribution in [0.3, 0.4) is 0 Å². The van der Waals surface area contributed by atoms with Crippen molar-refractivity contribution in [2.75, 3.05) is 13.7 Å². The molecule has 0 amide bonds. The fraction of sp³-hybridized carbons (Fsp3) is 0.333. The van der Waals surface area contributed by atoms with Crippen molar-refractivity contribution >= 4 is 11.9 Å². The van der Waals surface area contributed by atoms with Crippen molar-refractivity contribution in [3.8, 4) is 0 Å². The van der Waals surface area contributed by atoms with E-state index in [9.17, 15) is 9.59 Å². The van der Waals surface area contributed by atoms with Crippen LogP contribution in [0.25, 0.3) is 0 Å². The predicted octanol–water partition coefficient (Wildman–Crippen LogP) is -0.625. The van der Waals surface area contributed by atoms with Gasteiger partial charge in [0.15, 0.2) is 0 Å². The highest BCUT2D eigenvalue weighted by atomic mass is 16.5. The van der Waals surface area contributed by atoms with Crippen LogP contribution < -0.4 is 5.73 Å². The Kier molecular flexibility index (Phi) is 9.68. The van der Waals surface area contributed by atoms with Crippen molar-refractivity contribution in [3.05, 3.63) is 12.7 Å². The summed E-state index contributed by atoms with van der Waals surface area (Å²) in [5.74, 6) is -1.36. The lowest BCUT2D eigenvalue weighted by Gasteiger charge is -1.87. The standard InChI is InChI=1S/C3H7NO2.C3H4O2/c1-6-3(5)2-4;1-2-3(4)5/h2,4H2,1H3;2H,1H2,(H,4,5). The van der Waals surface area contributed by atoms with Gasteiger partial charge in [-0.05, 0) is 0 Å². The van der Waals surface area contributed by atoms with Crippen LogP contribution >= 0.6 is 0 Å². The van der Waals surface area contributed by atoms with Gasteiger partial charge in [-0.25, -0.2) is 4.79 Å². The number of aliphatic carboxylic acids is 1. The zero-order valence-electron chi connectivity index (χ0n) is 6.24. The summed E-state index contributed by atoms with van der Waals surface area (Å²) in [5, 5.41) is 7.60. The zero-order chi connectivity index (χ0) is 9.28. The summed E-state index contributed by atoms with van der Waals surface area (Å²) in [6.45, 7) is 2.93. The van der Waals surface area contributed by atoms with Crippen LogP contribution in [-0.2, 0) is 14.3 Å². The van der Waals surface area contributed by atoms with Gasteiger partial charge in [-0.1, -0.05) is 6.58 Å². The van der Waals surface area contributed by atoms with E-state index in [0.717, 1.165) is 6.08 Å². The highest BCUT2D eigenvalue weighted by Crippen LogP contribution is 1.61. The van der Waals surface area contributed by atoms with E-state index >= 15 is 0 Å². The summed E-state index contributed by atoms with van der Waals surface area (Å²) >= 11 is 0. The number of carbonyl (C=O) groups excluding carboxylic acids is 1. The summed E-state index contributed by atoms with van der Waals surface area (Å²) in [6.07, 6.45) is 0.833. The summed E-state index contributed by atoms with van der Waals surface area (Å²) in [7, 11) is 1.30. The summed E-state index contributed by atoms with van der Waals surface area (Å²) < 4.78 is 4.14. The van der Waals surface area contributed by atoms with Gasteiger partial charge in [0.25, 0.3) is 0 Å². The molecule has 0 aliphatic rings. The third-order valence-corrected chi connectivity index (χ3v) is 0.569. The first-order valence-corrected chi connectivity index (χ1v) is 2.70. The topological polar surface area (TPSA) is 89.6 Å². The number of esters is 1. The second-order valence-electron chi connectivity index (χ2n) is 1.32. The molecule has 3 N–H and O–H groups in total. The normalized spacial score (nSPS) is 7.09. The van der Waals surface area contributed by atoms with Crippen LogP contribution in [0.1, 0.15) is 0 Å². The van der Waals surface area contributed by atoms with Gasteiger partial charge < -0.3 is 15.6 Å². The lowest BCUT2D eigenvalue weighted by molar-refractivity contribution is -0.139. The monoisotopic (exact) mass is 161 g/mol. The molecule has 0 saturated heterocycles. The van der Waals surface area contributed by atoms with Gasteiger partial charge in [-0.3, -0.25) is 4.79 Å². The molecule has 0 aliphatic heterocycles. The minimum atomic E-state index is -0.981. The van der Waals surface area contributed by atoms with Crippen LogP contribution in [-0.4, -0.2) is 30.7 Å². The minimum absolute atomic E-state index is 0.0312. The van der Waals surface area contributed by atoms with E-state index in [4.69, 9.17) is 10.8 Å². The Morgan fingerprint density at radius 2 is 2.09 bits per heavy atom. The van der Waals surface area contributed by atoms with E-state index in [2.05, 4.69) is 11.3 Å². The number of hydrogen-bond donors (Lipinski definition) is 2. The van der Waals surface area contributed by atoms with Crippen LogP contribution in [0.4, 0.5) is 0 Å². The van der Waals surface area contributed by atoms with E-state index in [0.29, 0.717) is 0 Å². The van der Waals surface area contributed by atoms with Gasteiger partial charge in [0.2, 0.25) is 0 Å². The Balaban J connectivity index is 0. The lowest BCUT2D eigenvalue weighted by Crippen LogP contribution is -2.14. The smallest absolute Gasteiger partial charge is 0.327 e. The maximum atomic E-state index is 9.83. The zero-order valence-corrected chi connectivity index (χ0v) is 6.24. The molecule has 0 bridgehead atoms. The van der Waals surface area contributed by atoms with Crippen molar-refractivity contribution in [1.29, 1.82) is 0 Å². The average Bonchev–Trinajstić information content (AvgIpc) is 2.04. The molecular weight excluding hydrogens is 150 g/mol. The number of ether oxygens (including phenoxy) is 1. The number of rotatable bonds is 2. The third kappa shape index (κ3) is 17.7. The SMILES string of the molecule is C=CC(=O)O.COC(=O)CN. The fourth-order valence-electron chi connectivity index (χ4n) is 0.0833. The molecule has 0 rings (SSSR count). The van der Waals surface area contributed by atoms with Gasteiger partial charge in [0.1, 0.15) is 0 Å². The van der Waals surface area contributed by atoms with Crippen molar-refractivity contribution in [2.24, 2.45) is 5.73 Å². The number of carboxylic acid groups (broad SMARTS) is 1. The maximum absolute atomic E-state index is 9.83. The fourth-order valence-corrected chi connectivity index (χ4v) is 0.0833. The van der Waals surface area contributed by atoms with Gasteiger partial charge in [-0.2, -0.15) is 0 Å². The predicted molar refractivity (Wildman–Crippen MR) is 38.9 cm³/mol. The molecule has 0 aromatic carbocycles. The highest BCUT2D eigenvalue weighted by Gasteiger charge is 1.87. The van der Waals surface area contributed by atoms with E-state index in [-0.39, 0.29) is 12.5 Å². The molecule has 0 aliphatic carbocycles. The Morgan fingerprint density at radius 3 is 2.09 bits per heavy atom. The Bertz CT molecular complexity index is 138. The van der Waals surface area contributed by atoms with Gasteiger partial charge in [-0.15, -0.1) is 0 Å². The maximum Gasteiger partial charge on any atom is 0.327 e. The molecule has 5 heteroatoms. The van der Waals surface area contributed by atoms with Crippen molar-refractivity contribution in [2.45, 2.75) is 0 Å². The number of carbonyl (C=O) groups is 2. The molecule has 11 heavy (non-hydrogen) atoms. The molecule has 64 valence electrons. The second-order valence-corrected chi connectivity index (χ2v) is 1.32. The molecular formula is C6H11NO4. The largest absolute Gasteiger partial charge is 0.478 e. The number of nitrogens with two attached hydrogens (primary N) is 1.